The minimum absolute atomic E-state index is 0.0833. The van der Waals surface area contributed by atoms with E-state index in [9.17, 15) is 13.2 Å². The molecule has 154 valence electrons. The Balaban J connectivity index is 2.81. The van der Waals surface area contributed by atoms with Crippen LogP contribution in [0.25, 0.3) is 0 Å². The molecule has 0 aliphatic rings. The normalized spacial score (nSPS) is 11.8. The Morgan fingerprint density at radius 1 is 1.07 bits per heavy atom. The van der Waals surface area contributed by atoms with Gasteiger partial charge in [-0.05, 0) is 43.5 Å². The predicted octanol–water partition coefficient (Wildman–Crippen LogP) is 3.86. The summed E-state index contributed by atoms with van der Waals surface area (Å²) in [6.07, 6.45) is 4.47. The molecular formula is C20H33NO5S. The van der Waals surface area contributed by atoms with Crippen LogP contribution in [0.1, 0.15) is 53.4 Å². The number of ether oxygens (including phenoxy) is 2. The number of carbonyl (C=O) groups is 1. The van der Waals surface area contributed by atoms with E-state index in [4.69, 9.17) is 9.47 Å². The highest BCUT2D eigenvalue weighted by molar-refractivity contribution is 7.89. The summed E-state index contributed by atoms with van der Waals surface area (Å²) in [5.41, 5.74) is 0. The van der Waals surface area contributed by atoms with Crippen molar-refractivity contribution in [3.05, 3.63) is 24.3 Å². The Morgan fingerprint density at radius 3 is 2.30 bits per heavy atom. The van der Waals surface area contributed by atoms with Gasteiger partial charge < -0.3 is 9.47 Å². The van der Waals surface area contributed by atoms with Crippen molar-refractivity contribution in [3.63, 3.8) is 0 Å². The molecule has 0 N–H and O–H groups in total. The number of carbonyl (C=O) groups excluding carboxylic acids is 1. The van der Waals surface area contributed by atoms with Crippen molar-refractivity contribution in [3.8, 4) is 5.75 Å². The highest BCUT2D eigenvalue weighted by Crippen LogP contribution is 2.21. The van der Waals surface area contributed by atoms with Gasteiger partial charge in [-0.2, -0.15) is 4.31 Å². The third kappa shape index (κ3) is 8.30. The maximum atomic E-state index is 12.9. The monoisotopic (exact) mass is 399 g/mol. The highest BCUT2D eigenvalue weighted by Gasteiger charge is 2.27. The fourth-order valence-corrected chi connectivity index (χ4v) is 4.13. The molecule has 7 heteroatoms. The number of hydrogen-bond donors (Lipinski definition) is 0. The number of unbranched alkanes of at least 4 members (excludes halogenated alkanes) is 3. The second-order valence-electron chi connectivity index (χ2n) is 6.88. The van der Waals surface area contributed by atoms with E-state index < -0.39 is 16.0 Å². The summed E-state index contributed by atoms with van der Waals surface area (Å²) in [6.45, 7) is 8.46. The van der Waals surface area contributed by atoms with Gasteiger partial charge in [-0.3, -0.25) is 4.79 Å². The van der Waals surface area contributed by atoms with Crippen molar-refractivity contribution in [2.75, 3.05) is 26.3 Å². The molecule has 0 heterocycles. The van der Waals surface area contributed by atoms with Crippen LogP contribution in [0.2, 0.25) is 0 Å². The zero-order valence-corrected chi connectivity index (χ0v) is 17.8. The van der Waals surface area contributed by atoms with Crippen molar-refractivity contribution < 1.29 is 22.7 Å². The smallest absolute Gasteiger partial charge is 0.321 e. The van der Waals surface area contributed by atoms with Crippen LogP contribution in [0.3, 0.4) is 0 Å². The van der Waals surface area contributed by atoms with E-state index in [1.54, 1.807) is 19.1 Å². The lowest BCUT2D eigenvalue weighted by Gasteiger charge is -2.23. The van der Waals surface area contributed by atoms with Crippen LogP contribution in [-0.2, 0) is 19.6 Å². The molecule has 0 radical (unpaired) electrons. The summed E-state index contributed by atoms with van der Waals surface area (Å²) in [6, 6.07) is 6.36. The van der Waals surface area contributed by atoms with Gasteiger partial charge in [-0.15, -0.1) is 0 Å². The van der Waals surface area contributed by atoms with Gasteiger partial charge >= 0.3 is 5.97 Å². The van der Waals surface area contributed by atoms with Gasteiger partial charge in [-0.25, -0.2) is 8.42 Å². The molecule has 0 spiro atoms. The first kappa shape index (κ1) is 23.4. The molecule has 0 aliphatic carbocycles. The summed E-state index contributed by atoms with van der Waals surface area (Å²) in [4.78, 5) is 12.0. The number of sulfonamides is 1. The van der Waals surface area contributed by atoms with Gasteiger partial charge in [0.2, 0.25) is 10.0 Å². The minimum atomic E-state index is -3.78. The third-order valence-electron chi connectivity index (χ3n) is 3.91. The molecule has 0 fully saturated rings. The largest absolute Gasteiger partial charge is 0.494 e. The van der Waals surface area contributed by atoms with Crippen molar-refractivity contribution in [1.82, 2.24) is 4.31 Å². The van der Waals surface area contributed by atoms with Gasteiger partial charge in [0.05, 0.1) is 18.1 Å². The van der Waals surface area contributed by atoms with Gasteiger partial charge in [0.25, 0.3) is 0 Å². The van der Waals surface area contributed by atoms with E-state index in [2.05, 4.69) is 6.92 Å². The Kier molecular flexibility index (Phi) is 10.4. The molecule has 1 aromatic rings. The molecule has 1 aromatic carbocycles. The van der Waals surface area contributed by atoms with E-state index in [1.807, 2.05) is 13.8 Å². The predicted molar refractivity (Wildman–Crippen MR) is 106 cm³/mol. The molecule has 6 nitrogen and oxygen atoms in total. The molecule has 0 amide bonds. The van der Waals surface area contributed by atoms with E-state index in [-0.39, 0.29) is 30.5 Å². The quantitative estimate of drug-likeness (QED) is 0.372. The van der Waals surface area contributed by atoms with Crippen LogP contribution in [0.4, 0.5) is 0 Å². The molecule has 0 aromatic heterocycles. The number of esters is 1. The summed E-state index contributed by atoms with van der Waals surface area (Å²) < 4.78 is 37.6. The van der Waals surface area contributed by atoms with Crippen molar-refractivity contribution in [2.24, 2.45) is 5.92 Å². The molecule has 0 bridgehead atoms. The van der Waals surface area contributed by atoms with Crippen LogP contribution in [0, 0.1) is 5.92 Å². The minimum Gasteiger partial charge on any atom is -0.494 e. The first-order chi connectivity index (χ1) is 12.8. The molecule has 0 atom stereocenters. The van der Waals surface area contributed by atoms with Crippen LogP contribution >= 0.6 is 0 Å². The van der Waals surface area contributed by atoms with E-state index in [1.165, 1.54) is 29.3 Å². The number of rotatable bonds is 13. The average Bonchev–Trinajstić information content (AvgIpc) is 2.61. The van der Waals surface area contributed by atoms with Crippen LogP contribution in [0.5, 0.6) is 5.75 Å². The van der Waals surface area contributed by atoms with E-state index in [0.717, 1.165) is 12.8 Å². The molecule has 27 heavy (non-hydrogen) atoms. The van der Waals surface area contributed by atoms with E-state index >= 15 is 0 Å². The van der Waals surface area contributed by atoms with Gasteiger partial charge in [0.1, 0.15) is 12.3 Å². The summed E-state index contributed by atoms with van der Waals surface area (Å²) >= 11 is 0. The summed E-state index contributed by atoms with van der Waals surface area (Å²) in [7, 11) is -3.78. The van der Waals surface area contributed by atoms with Gasteiger partial charge in [0.15, 0.2) is 0 Å². The zero-order chi connectivity index (χ0) is 20.3. The molecular weight excluding hydrogens is 366 g/mol. The fourth-order valence-electron chi connectivity index (χ4n) is 2.58. The Labute approximate surface area is 163 Å². The lowest BCUT2D eigenvalue weighted by Crippen LogP contribution is -2.38. The Bertz CT molecular complexity index is 655. The lowest BCUT2D eigenvalue weighted by molar-refractivity contribution is -0.143. The second kappa shape index (κ2) is 12.0. The molecule has 0 saturated carbocycles. The van der Waals surface area contributed by atoms with Crippen LogP contribution < -0.4 is 4.74 Å². The van der Waals surface area contributed by atoms with Gasteiger partial charge in [0, 0.05) is 6.54 Å². The average molecular weight is 400 g/mol. The highest BCUT2D eigenvalue weighted by atomic mass is 32.2. The maximum absolute atomic E-state index is 12.9. The maximum Gasteiger partial charge on any atom is 0.321 e. The van der Waals surface area contributed by atoms with Crippen LogP contribution in [-0.4, -0.2) is 45.0 Å². The third-order valence-corrected chi connectivity index (χ3v) is 5.73. The number of benzene rings is 1. The fraction of sp³-hybridized carbons (Fsp3) is 0.650. The molecule has 0 unspecified atom stereocenters. The molecule has 1 rings (SSSR count). The SMILES string of the molecule is CCCCCCOc1ccc(S(=O)(=O)N(CC(=O)OCC)CC(C)C)cc1. The zero-order valence-electron chi connectivity index (χ0n) is 16.9. The topological polar surface area (TPSA) is 72.9 Å². The van der Waals surface area contributed by atoms with Crippen molar-refractivity contribution in [1.29, 1.82) is 0 Å². The van der Waals surface area contributed by atoms with Gasteiger partial charge in [-0.1, -0.05) is 40.0 Å². The number of hydrogen-bond acceptors (Lipinski definition) is 5. The second-order valence-corrected chi connectivity index (χ2v) is 8.81. The molecule has 0 saturated heterocycles. The Morgan fingerprint density at radius 2 is 1.74 bits per heavy atom. The number of nitrogens with zero attached hydrogens (tertiary/aromatic N) is 1. The Hall–Kier alpha value is -1.60. The lowest BCUT2D eigenvalue weighted by atomic mass is 10.2. The standard InChI is InChI=1S/C20H33NO5S/c1-5-7-8-9-14-26-18-10-12-19(13-11-18)27(23,24)21(15-17(3)4)16-20(22)25-6-2/h10-13,17H,5-9,14-16H2,1-4H3. The summed E-state index contributed by atoms with van der Waals surface area (Å²) in [5, 5.41) is 0. The molecule has 0 aliphatic heterocycles. The first-order valence-corrected chi connectivity index (χ1v) is 11.1. The van der Waals surface area contributed by atoms with Crippen LogP contribution in [0.15, 0.2) is 29.2 Å². The van der Waals surface area contributed by atoms with Crippen molar-refractivity contribution >= 4 is 16.0 Å². The van der Waals surface area contributed by atoms with E-state index in [0.29, 0.717) is 12.4 Å². The van der Waals surface area contributed by atoms with Crippen molar-refractivity contribution in [2.45, 2.75) is 58.3 Å². The summed E-state index contributed by atoms with van der Waals surface area (Å²) in [5.74, 6) is 0.180. The first-order valence-electron chi connectivity index (χ1n) is 9.69.